The topological polar surface area (TPSA) is 12.0 Å². The van der Waals surface area contributed by atoms with Crippen molar-refractivity contribution in [1.29, 1.82) is 0 Å². The average Bonchev–Trinajstić information content (AvgIpc) is 2.69. The molecule has 0 radical (unpaired) electrons. The van der Waals surface area contributed by atoms with Crippen molar-refractivity contribution in [2.75, 3.05) is 7.05 Å². The summed E-state index contributed by atoms with van der Waals surface area (Å²) in [7, 11) is 2.08. The predicted molar refractivity (Wildman–Crippen MR) is 67.7 cm³/mol. The third-order valence-electron chi connectivity index (χ3n) is 3.28. The molecular formula is C13H21NS. The lowest BCUT2D eigenvalue weighted by Crippen LogP contribution is -2.14. The first-order valence-electron chi connectivity index (χ1n) is 6.14. The first-order chi connectivity index (χ1) is 7.35. The number of hydrogen-bond donors (Lipinski definition) is 1. The highest BCUT2D eigenvalue weighted by atomic mass is 32.1. The van der Waals surface area contributed by atoms with Gasteiger partial charge in [0.25, 0.3) is 0 Å². The summed E-state index contributed by atoms with van der Waals surface area (Å²) in [6, 6.07) is 3.04. The molecule has 15 heavy (non-hydrogen) atoms. The van der Waals surface area contributed by atoms with Crippen LogP contribution in [0.3, 0.4) is 0 Å². The molecule has 0 fully saturated rings. The summed E-state index contributed by atoms with van der Waals surface area (Å²) in [5.41, 5.74) is 1.64. The second-order valence-corrected chi connectivity index (χ2v) is 5.60. The molecule has 1 nitrogen and oxygen atoms in total. The number of fused-ring (bicyclic) bond motifs is 1. The lowest BCUT2D eigenvalue weighted by molar-refractivity contribution is 0.549. The maximum Gasteiger partial charge on any atom is 0.0412 e. The normalized spacial score (nSPS) is 17.5. The molecule has 0 saturated carbocycles. The molecule has 0 spiro atoms. The van der Waals surface area contributed by atoms with E-state index in [-0.39, 0.29) is 0 Å². The SMILES string of the molecule is CCCC(NC)c1cc2c(s1)CCCC2. The summed E-state index contributed by atoms with van der Waals surface area (Å²) in [6.45, 7) is 2.26. The fraction of sp³-hybridized carbons (Fsp3) is 0.692. The lowest BCUT2D eigenvalue weighted by Gasteiger charge is -2.12. The molecule has 0 aliphatic heterocycles. The van der Waals surface area contributed by atoms with Gasteiger partial charge in [0.1, 0.15) is 0 Å². The molecule has 0 aromatic carbocycles. The van der Waals surface area contributed by atoms with Gasteiger partial charge in [-0.05, 0) is 50.8 Å². The van der Waals surface area contributed by atoms with Gasteiger partial charge in [-0.15, -0.1) is 11.3 Å². The molecule has 1 atom stereocenters. The predicted octanol–water partition coefficient (Wildman–Crippen LogP) is 3.69. The molecular weight excluding hydrogens is 202 g/mol. The Hall–Kier alpha value is -0.340. The second-order valence-electron chi connectivity index (χ2n) is 4.43. The number of aryl methyl sites for hydroxylation is 2. The molecule has 1 N–H and O–H groups in total. The van der Waals surface area contributed by atoms with E-state index < -0.39 is 0 Å². The highest BCUT2D eigenvalue weighted by Crippen LogP contribution is 2.34. The summed E-state index contributed by atoms with van der Waals surface area (Å²) in [6.07, 6.45) is 7.94. The number of rotatable bonds is 4. The van der Waals surface area contributed by atoms with Crippen molar-refractivity contribution >= 4 is 11.3 Å². The minimum Gasteiger partial charge on any atom is -0.312 e. The molecule has 1 heterocycles. The molecule has 2 rings (SSSR count). The van der Waals surface area contributed by atoms with Gasteiger partial charge in [0, 0.05) is 15.8 Å². The van der Waals surface area contributed by atoms with E-state index in [1.165, 1.54) is 38.5 Å². The van der Waals surface area contributed by atoms with E-state index in [0.717, 1.165) is 0 Å². The maximum atomic E-state index is 3.44. The molecule has 1 aromatic heterocycles. The van der Waals surface area contributed by atoms with E-state index in [0.29, 0.717) is 6.04 Å². The van der Waals surface area contributed by atoms with E-state index in [4.69, 9.17) is 0 Å². The zero-order chi connectivity index (χ0) is 10.7. The monoisotopic (exact) mass is 223 g/mol. The Morgan fingerprint density at radius 3 is 2.87 bits per heavy atom. The standard InChI is InChI=1S/C13H21NS/c1-3-6-11(14-2)13-9-10-7-4-5-8-12(10)15-13/h9,11,14H,3-8H2,1-2H3. The van der Waals surface area contributed by atoms with Crippen molar-refractivity contribution in [1.82, 2.24) is 5.32 Å². The van der Waals surface area contributed by atoms with Crippen molar-refractivity contribution in [2.24, 2.45) is 0 Å². The van der Waals surface area contributed by atoms with Gasteiger partial charge in [-0.25, -0.2) is 0 Å². The van der Waals surface area contributed by atoms with Crippen LogP contribution in [-0.4, -0.2) is 7.05 Å². The van der Waals surface area contributed by atoms with E-state index in [2.05, 4.69) is 25.4 Å². The zero-order valence-electron chi connectivity index (χ0n) is 9.81. The van der Waals surface area contributed by atoms with Gasteiger partial charge in [0.2, 0.25) is 0 Å². The van der Waals surface area contributed by atoms with Gasteiger partial charge >= 0.3 is 0 Å². The fourth-order valence-corrected chi connectivity index (χ4v) is 3.81. The summed E-state index contributed by atoms with van der Waals surface area (Å²) < 4.78 is 0. The Kier molecular flexibility index (Phi) is 3.81. The van der Waals surface area contributed by atoms with Crippen LogP contribution >= 0.6 is 11.3 Å². The minimum atomic E-state index is 0.589. The van der Waals surface area contributed by atoms with Crippen molar-refractivity contribution < 1.29 is 0 Å². The summed E-state index contributed by atoms with van der Waals surface area (Å²) in [5.74, 6) is 0. The molecule has 1 aromatic rings. The van der Waals surface area contributed by atoms with Crippen molar-refractivity contribution in [3.63, 3.8) is 0 Å². The van der Waals surface area contributed by atoms with Crippen LogP contribution in [0, 0.1) is 0 Å². The fourth-order valence-electron chi connectivity index (χ4n) is 2.40. The van der Waals surface area contributed by atoms with Gasteiger partial charge in [-0.1, -0.05) is 13.3 Å². The summed E-state index contributed by atoms with van der Waals surface area (Å²) in [4.78, 5) is 3.22. The van der Waals surface area contributed by atoms with Crippen LogP contribution in [0.5, 0.6) is 0 Å². The minimum absolute atomic E-state index is 0.589. The smallest absolute Gasteiger partial charge is 0.0412 e. The number of hydrogen-bond acceptors (Lipinski definition) is 2. The van der Waals surface area contributed by atoms with E-state index >= 15 is 0 Å². The highest BCUT2D eigenvalue weighted by molar-refractivity contribution is 7.12. The molecule has 2 heteroatoms. The van der Waals surface area contributed by atoms with Crippen LogP contribution in [-0.2, 0) is 12.8 Å². The maximum absolute atomic E-state index is 3.44. The highest BCUT2D eigenvalue weighted by Gasteiger charge is 2.17. The van der Waals surface area contributed by atoms with Crippen molar-refractivity contribution in [2.45, 2.75) is 51.5 Å². The van der Waals surface area contributed by atoms with Crippen LogP contribution < -0.4 is 5.32 Å². The van der Waals surface area contributed by atoms with Gasteiger partial charge in [0.15, 0.2) is 0 Å². The largest absolute Gasteiger partial charge is 0.312 e. The van der Waals surface area contributed by atoms with Gasteiger partial charge in [-0.2, -0.15) is 0 Å². The van der Waals surface area contributed by atoms with Gasteiger partial charge in [-0.3, -0.25) is 0 Å². The molecule has 1 aliphatic rings. The summed E-state index contributed by atoms with van der Waals surface area (Å²) in [5, 5.41) is 3.44. The lowest BCUT2D eigenvalue weighted by atomic mass is 9.98. The van der Waals surface area contributed by atoms with E-state index in [9.17, 15) is 0 Å². The van der Waals surface area contributed by atoms with E-state index in [1.54, 1.807) is 15.3 Å². The van der Waals surface area contributed by atoms with E-state index in [1.807, 2.05) is 11.3 Å². The molecule has 84 valence electrons. The van der Waals surface area contributed by atoms with Gasteiger partial charge in [0.05, 0.1) is 0 Å². The average molecular weight is 223 g/mol. The third kappa shape index (κ3) is 2.43. The molecule has 1 aliphatic carbocycles. The van der Waals surface area contributed by atoms with Gasteiger partial charge < -0.3 is 5.32 Å². The molecule has 0 bridgehead atoms. The molecule has 1 unspecified atom stereocenters. The first-order valence-corrected chi connectivity index (χ1v) is 6.95. The van der Waals surface area contributed by atoms with Crippen LogP contribution in [0.2, 0.25) is 0 Å². The number of nitrogens with one attached hydrogen (secondary N) is 1. The van der Waals surface area contributed by atoms with Crippen LogP contribution in [0.25, 0.3) is 0 Å². The summed E-state index contributed by atoms with van der Waals surface area (Å²) >= 11 is 2.05. The molecule has 0 saturated heterocycles. The Morgan fingerprint density at radius 2 is 2.20 bits per heavy atom. The third-order valence-corrected chi connectivity index (χ3v) is 4.64. The quantitative estimate of drug-likeness (QED) is 0.821. The Morgan fingerprint density at radius 1 is 1.40 bits per heavy atom. The Balaban J connectivity index is 2.16. The molecule has 0 amide bonds. The van der Waals surface area contributed by atoms with Crippen molar-refractivity contribution in [3.05, 3.63) is 21.4 Å². The van der Waals surface area contributed by atoms with Crippen LogP contribution in [0.4, 0.5) is 0 Å². The van der Waals surface area contributed by atoms with Crippen LogP contribution in [0.15, 0.2) is 6.07 Å². The van der Waals surface area contributed by atoms with Crippen LogP contribution in [0.1, 0.15) is 54.0 Å². The first kappa shape index (κ1) is 11.2. The van der Waals surface area contributed by atoms with Crippen molar-refractivity contribution in [3.8, 4) is 0 Å². The Labute approximate surface area is 96.9 Å². The zero-order valence-corrected chi connectivity index (χ0v) is 10.6. The number of thiophene rings is 1. The Bertz CT molecular complexity index is 293. The second kappa shape index (κ2) is 5.13.